The summed E-state index contributed by atoms with van der Waals surface area (Å²) in [6.45, 7) is 1.57. The molecule has 0 saturated carbocycles. The molecule has 4 rings (SSSR count). The molecular weight excluding hydrogens is 340 g/mol. The minimum atomic E-state index is -0.279. The van der Waals surface area contributed by atoms with Crippen LogP contribution in [-0.4, -0.2) is 29.1 Å². The molecule has 0 aliphatic carbocycles. The topological polar surface area (TPSA) is 55.6 Å². The molecule has 1 aromatic heterocycles. The van der Waals surface area contributed by atoms with Crippen LogP contribution < -0.4 is 0 Å². The molecule has 0 spiro atoms. The highest BCUT2D eigenvalue weighted by molar-refractivity contribution is 5.67. The van der Waals surface area contributed by atoms with Gasteiger partial charge in [0.25, 0.3) is 0 Å². The van der Waals surface area contributed by atoms with E-state index in [0.29, 0.717) is 19.0 Å². The lowest BCUT2D eigenvalue weighted by Gasteiger charge is -2.30. The zero-order valence-corrected chi connectivity index (χ0v) is 15.1. The lowest BCUT2D eigenvalue weighted by Crippen LogP contribution is -2.39. The molecule has 1 unspecified atom stereocenters. The van der Waals surface area contributed by atoms with E-state index in [1.165, 1.54) is 0 Å². The highest BCUT2D eigenvalue weighted by atomic mass is 16.6. The van der Waals surface area contributed by atoms with Gasteiger partial charge in [-0.15, -0.1) is 0 Å². The van der Waals surface area contributed by atoms with Crippen LogP contribution in [0, 0.1) is 0 Å². The van der Waals surface area contributed by atoms with Crippen molar-refractivity contribution in [2.24, 2.45) is 0 Å². The average molecular weight is 362 g/mol. The lowest BCUT2D eigenvalue weighted by molar-refractivity contribution is 0.0840. The number of benzene rings is 2. The Morgan fingerprint density at radius 2 is 1.85 bits per heavy atom. The Kier molecular flexibility index (Phi) is 5.19. The molecule has 2 aromatic carbocycles. The summed E-state index contributed by atoms with van der Waals surface area (Å²) >= 11 is 0. The number of oxazole rings is 1. The van der Waals surface area contributed by atoms with Crippen LogP contribution in [0.4, 0.5) is 4.79 Å². The van der Waals surface area contributed by atoms with E-state index in [2.05, 4.69) is 4.98 Å². The number of amides is 1. The van der Waals surface area contributed by atoms with Crippen LogP contribution in [-0.2, 0) is 11.3 Å². The minimum Gasteiger partial charge on any atom is -0.445 e. The summed E-state index contributed by atoms with van der Waals surface area (Å²) < 4.78 is 11.4. The molecular formula is C22H22N2O3. The van der Waals surface area contributed by atoms with Crippen molar-refractivity contribution >= 4 is 6.09 Å². The number of hydrogen-bond acceptors (Lipinski definition) is 4. The third-order valence-electron chi connectivity index (χ3n) is 4.82. The van der Waals surface area contributed by atoms with Crippen molar-refractivity contribution < 1.29 is 13.9 Å². The second-order valence-corrected chi connectivity index (χ2v) is 6.75. The molecule has 27 heavy (non-hydrogen) atoms. The van der Waals surface area contributed by atoms with Crippen LogP contribution in [0.2, 0.25) is 0 Å². The molecule has 5 nitrogen and oxygen atoms in total. The molecule has 1 aliphatic rings. The standard InChI is InChI=1S/C22H22N2O3/c25-22(26-16-17-8-3-1-4-9-17)24-13-7-12-19(15-24)21-23-14-20(27-21)18-10-5-2-6-11-18/h1-6,8-11,14,19H,7,12-13,15-16H2. The first kappa shape index (κ1) is 17.3. The van der Waals surface area contributed by atoms with Gasteiger partial charge in [-0.2, -0.15) is 0 Å². The van der Waals surface area contributed by atoms with Crippen molar-refractivity contribution in [1.29, 1.82) is 0 Å². The summed E-state index contributed by atoms with van der Waals surface area (Å²) in [5.41, 5.74) is 1.99. The lowest BCUT2D eigenvalue weighted by atomic mass is 9.98. The van der Waals surface area contributed by atoms with E-state index in [0.717, 1.165) is 29.7 Å². The number of carbonyl (C=O) groups is 1. The van der Waals surface area contributed by atoms with E-state index >= 15 is 0 Å². The molecule has 3 aromatic rings. The predicted molar refractivity (Wildman–Crippen MR) is 102 cm³/mol. The maximum Gasteiger partial charge on any atom is 0.410 e. The van der Waals surface area contributed by atoms with Gasteiger partial charge in [0, 0.05) is 18.7 Å². The van der Waals surface area contributed by atoms with Crippen LogP contribution in [0.3, 0.4) is 0 Å². The number of aromatic nitrogens is 1. The van der Waals surface area contributed by atoms with Crippen molar-refractivity contribution in [2.45, 2.75) is 25.4 Å². The number of hydrogen-bond donors (Lipinski definition) is 0. The van der Waals surface area contributed by atoms with Crippen molar-refractivity contribution in [3.05, 3.63) is 78.3 Å². The smallest absolute Gasteiger partial charge is 0.410 e. The zero-order valence-electron chi connectivity index (χ0n) is 15.1. The quantitative estimate of drug-likeness (QED) is 0.665. The van der Waals surface area contributed by atoms with Crippen LogP contribution in [0.5, 0.6) is 0 Å². The van der Waals surface area contributed by atoms with E-state index in [9.17, 15) is 4.79 Å². The number of likely N-dealkylation sites (tertiary alicyclic amines) is 1. The van der Waals surface area contributed by atoms with Gasteiger partial charge in [0.1, 0.15) is 6.61 Å². The fourth-order valence-electron chi connectivity index (χ4n) is 3.37. The molecule has 1 atom stereocenters. The number of nitrogens with zero attached hydrogens (tertiary/aromatic N) is 2. The predicted octanol–water partition coefficient (Wildman–Crippen LogP) is 4.86. The number of carbonyl (C=O) groups excluding carboxylic acids is 1. The molecule has 0 bridgehead atoms. The Balaban J connectivity index is 1.38. The van der Waals surface area contributed by atoms with E-state index < -0.39 is 0 Å². The largest absolute Gasteiger partial charge is 0.445 e. The van der Waals surface area contributed by atoms with Gasteiger partial charge in [-0.05, 0) is 18.4 Å². The Morgan fingerprint density at radius 1 is 1.11 bits per heavy atom. The van der Waals surface area contributed by atoms with Crippen molar-refractivity contribution in [3.8, 4) is 11.3 Å². The highest BCUT2D eigenvalue weighted by Gasteiger charge is 2.28. The van der Waals surface area contributed by atoms with Crippen LogP contribution in [0.1, 0.15) is 30.2 Å². The van der Waals surface area contributed by atoms with E-state index in [4.69, 9.17) is 9.15 Å². The maximum atomic E-state index is 12.4. The van der Waals surface area contributed by atoms with Crippen LogP contribution in [0.25, 0.3) is 11.3 Å². The molecule has 0 N–H and O–H groups in total. The molecule has 1 amide bonds. The fraction of sp³-hybridized carbons (Fsp3) is 0.273. The van der Waals surface area contributed by atoms with Crippen molar-refractivity contribution in [1.82, 2.24) is 9.88 Å². The first-order valence-electron chi connectivity index (χ1n) is 9.26. The van der Waals surface area contributed by atoms with Gasteiger partial charge < -0.3 is 14.1 Å². The van der Waals surface area contributed by atoms with Gasteiger partial charge in [-0.3, -0.25) is 0 Å². The molecule has 0 radical (unpaired) electrons. The summed E-state index contributed by atoms with van der Waals surface area (Å²) in [5.74, 6) is 1.55. The molecule has 1 saturated heterocycles. The summed E-state index contributed by atoms with van der Waals surface area (Å²) in [7, 11) is 0. The third kappa shape index (κ3) is 4.19. The fourth-order valence-corrected chi connectivity index (χ4v) is 3.37. The average Bonchev–Trinajstić information content (AvgIpc) is 3.24. The number of piperidine rings is 1. The zero-order chi connectivity index (χ0) is 18.5. The van der Waals surface area contributed by atoms with Gasteiger partial charge in [0.2, 0.25) is 0 Å². The van der Waals surface area contributed by atoms with Crippen LogP contribution >= 0.6 is 0 Å². The van der Waals surface area contributed by atoms with Gasteiger partial charge >= 0.3 is 6.09 Å². The second-order valence-electron chi connectivity index (χ2n) is 6.75. The molecule has 2 heterocycles. The first-order valence-corrected chi connectivity index (χ1v) is 9.26. The van der Waals surface area contributed by atoms with Gasteiger partial charge in [0.05, 0.1) is 12.1 Å². The highest BCUT2D eigenvalue weighted by Crippen LogP contribution is 2.30. The molecule has 138 valence electrons. The molecule has 5 heteroatoms. The van der Waals surface area contributed by atoms with Gasteiger partial charge in [0.15, 0.2) is 11.7 Å². The molecule has 1 fully saturated rings. The Hall–Kier alpha value is -3.08. The number of rotatable bonds is 4. The van der Waals surface area contributed by atoms with E-state index in [1.807, 2.05) is 60.7 Å². The first-order chi connectivity index (χ1) is 13.3. The Bertz CT molecular complexity index is 877. The summed E-state index contributed by atoms with van der Waals surface area (Å²) in [6, 6.07) is 19.6. The normalized spacial score (nSPS) is 16.9. The number of ether oxygens (including phenoxy) is 1. The Labute approximate surface area is 158 Å². The SMILES string of the molecule is O=C(OCc1ccccc1)N1CCCC(c2ncc(-c3ccccc3)o2)C1. The summed E-state index contributed by atoms with van der Waals surface area (Å²) in [5, 5.41) is 0. The van der Waals surface area contributed by atoms with Crippen LogP contribution in [0.15, 0.2) is 71.3 Å². The Morgan fingerprint density at radius 3 is 2.63 bits per heavy atom. The monoisotopic (exact) mass is 362 g/mol. The third-order valence-corrected chi connectivity index (χ3v) is 4.82. The van der Waals surface area contributed by atoms with E-state index in [1.54, 1.807) is 11.1 Å². The van der Waals surface area contributed by atoms with E-state index in [-0.39, 0.29) is 18.6 Å². The van der Waals surface area contributed by atoms with Gasteiger partial charge in [-0.25, -0.2) is 9.78 Å². The van der Waals surface area contributed by atoms with Crippen molar-refractivity contribution in [3.63, 3.8) is 0 Å². The summed E-state index contributed by atoms with van der Waals surface area (Å²) in [4.78, 5) is 18.6. The van der Waals surface area contributed by atoms with Crippen molar-refractivity contribution in [2.75, 3.05) is 13.1 Å². The molecule has 1 aliphatic heterocycles. The maximum absolute atomic E-state index is 12.4. The summed E-state index contributed by atoms with van der Waals surface area (Å²) in [6.07, 6.45) is 3.35. The van der Waals surface area contributed by atoms with Gasteiger partial charge in [-0.1, -0.05) is 60.7 Å². The second kappa shape index (κ2) is 8.08. The minimum absolute atomic E-state index is 0.0977.